The zero-order valence-corrected chi connectivity index (χ0v) is 23.8. The number of allylic oxidation sites excluding steroid dienone is 4. The zero-order chi connectivity index (χ0) is 26.3. The van der Waals surface area contributed by atoms with Crippen molar-refractivity contribution in [1.82, 2.24) is 9.80 Å². The molecule has 0 aromatic heterocycles. The molecule has 0 saturated carbocycles. The summed E-state index contributed by atoms with van der Waals surface area (Å²) in [7, 11) is 2.26. The average Bonchev–Trinajstić information content (AvgIpc) is 3.39. The number of hydrogen-bond acceptors (Lipinski definition) is 3. The summed E-state index contributed by atoms with van der Waals surface area (Å²) in [5, 5.41) is 0. The van der Waals surface area contributed by atoms with Gasteiger partial charge in [0.15, 0.2) is 0 Å². The van der Waals surface area contributed by atoms with Gasteiger partial charge in [-0.2, -0.15) is 0 Å². The van der Waals surface area contributed by atoms with Gasteiger partial charge in [-0.15, -0.1) is 0 Å². The van der Waals surface area contributed by atoms with Crippen molar-refractivity contribution in [2.75, 3.05) is 39.8 Å². The van der Waals surface area contributed by atoms with Crippen molar-refractivity contribution in [2.45, 2.75) is 89.4 Å². The molecule has 1 aromatic rings. The van der Waals surface area contributed by atoms with Gasteiger partial charge in [0.2, 0.25) is 5.91 Å². The molecule has 1 fully saturated rings. The molecule has 0 bridgehead atoms. The van der Waals surface area contributed by atoms with Crippen LogP contribution in [0.1, 0.15) is 89.5 Å². The molecule has 1 aromatic carbocycles. The highest BCUT2D eigenvalue weighted by atomic mass is 16.1. The first-order valence-corrected chi connectivity index (χ1v) is 15.2. The SMILES string of the molecule is CCCCCCCCCCCCN(C)CCN1CCC(C(C(N)=O)(c2ccccc2)C2C=CC=CC2)C1. The molecule has 3 unspecified atom stereocenters. The molecule has 2 aliphatic rings. The molecule has 0 radical (unpaired) electrons. The first kappa shape index (κ1) is 29.6. The van der Waals surface area contributed by atoms with Gasteiger partial charge in [0, 0.05) is 19.6 Å². The van der Waals surface area contributed by atoms with E-state index >= 15 is 0 Å². The predicted molar refractivity (Wildman–Crippen MR) is 158 cm³/mol. The summed E-state index contributed by atoms with van der Waals surface area (Å²) in [5.74, 6) is 0.177. The number of benzene rings is 1. The Bertz CT molecular complexity index is 835. The molecule has 4 nitrogen and oxygen atoms in total. The number of unbranched alkanes of at least 4 members (excludes halogenated alkanes) is 9. The van der Waals surface area contributed by atoms with Crippen molar-refractivity contribution in [1.29, 1.82) is 0 Å². The fourth-order valence-electron chi connectivity index (χ4n) is 6.61. The summed E-state index contributed by atoms with van der Waals surface area (Å²) in [6, 6.07) is 10.3. The van der Waals surface area contributed by atoms with E-state index < -0.39 is 5.41 Å². The van der Waals surface area contributed by atoms with Crippen molar-refractivity contribution in [3.63, 3.8) is 0 Å². The van der Waals surface area contributed by atoms with Crippen LogP contribution in [0.25, 0.3) is 0 Å². The Morgan fingerprint density at radius 2 is 1.65 bits per heavy atom. The standard InChI is InChI=1S/C33H53N3O/c1-3-4-5-6-7-8-9-10-11-18-24-35(2)26-27-36-25-23-31(28-36)33(32(34)37,29-19-14-12-15-20-29)30-21-16-13-17-22-30/h12-17,19-21,30-31H,3-11,18,22-28H2,1-2H3,(H2,34,37). The normalized spacial score (nSPS) is 21.5. The van der Waals surface area contributed by atoms with E-state index in [9.17, 15) is 4.79 Å². The first-order chi connectivity index (χ1) is 18.1. The number of likely N-dealkylation sites (tertiary alicyclic amines) is 1. The maximum Gasteiger partial charge on any atom is 0.229 e. The minimum absolute atomic E-state index is 0.112. The monoisotopic (exact) mass is 507 g/mol. The van der Waals surface area contributed by atoms with E-state index in [1.165, 1.54) is 70.8 Å². The van der Waals surface area contributed by atoms with Crippen molar-refractivity contribution >= 4 is 5.91 Å². The van der Waals surface area contributed by atoms with E-state index in [0.29, 0.717) is 0 Å². The molecule has 2 N–H and O–H groups in total. The molecule has 3 atom stereocenters. The number of rotatable bonds is 18. The van der Waals surface area contributed by atoms with E-state index in [1.807, 2.05) is 18.2 Å². The highest BCUT2D eigenvalue weighted by Gasteiger charge is 2.52. The number of nitrogens with two attached hydrogens (primary N) is 1. The Morgan fingerprint density at radius 1 is 0.973 bits per heavy atom. The summed E-state index contributed by atoms with van der Waals surface area (Å²) < 4.78 is 0. The Kier molecular flexibility index (Phi) is 12.9. The van der Waals surface area contributed by atoms with Crippen LogP contribution in [0.15, 0.2) is 54.6 Å². The number of primary amides is 1. The summed E-state index contributed by atoms with van der Waals surface area (Å²) in [6.07, 6.45) is 24.3. The molecule has 37 heavy (non-hydrogen) atoms. The fraction of sp³-hybridized carbons (Fsp3) is 0.667. The molecule has 3 rings (SSSR count). The quantitative estimate of drug-likeness (QED) is 0.225. The summed E-state index contributed by atoms with van der Waals surface area (Å²) in [4.78, 5) is 18.3. The van der Waals surface area contributed by atoms with Crippen molar-refractivity contribution in [3.8, 4) is 0 Å². The molecule has 1 saturated heterocycles. The van der Waals surface area contributed by atoms with E-state index in [4.69, 9.17) is 5.73 Å². The van der Waals surface area contributed by atoms with Gasteiger partial charge in [0.25, 0.3) is 0 Å². The van der Waals surface area contributed by atoms with Crippen molar-refractivity contribution < 1.29 is 4.79 Å². The van der Waals surface area contributed by atoms with Gasteiger partial charge >= 0.3 is 0 Å². The second-order valence-electron chi connectivity index (χ2n) is 11.5. The van der Waals surface area contributed by atoms with Crippen LogP contribution < -0.4 is 5.73 Å². The lowest BCUT2D eigenvalue weighted by Gasteiger charge is -2.42. The van der Waals surface area contributed by atoms with E-state index in [-0.39, 0.29) is 17.7 Å². The van der Waals surface area contributed by atoms with Crippen LogP contribution in [-0.2, 0) is 10.2 Å². The fourth-order valence-corrected chi connectivity index (χ4v) is 6.61. The van der Waals surface area contributed by atoms with Gasteiger partial charge in [0.05, 0.1) is 5.41 Å². The van der Waals surface area contributed by atoms with Crippen LogP contribution >= 0.6 is 0 Å². The van der Waals surface area contributed by atoms with Crippen LogP contribution in [0.4, 0.5) is 0 Å². The smallest absolute Gasteiger partial charge is 0.229 e. The van der Waals surface area contributed by atoms with Gasteiger partial charge in [-0.05, 0) is 56.8 Å². The van der Waals surface area contributed by atoms with Crippen LogP contribution in [-0.4, -0.2) is 55.5 Å². The Labute approximate surface area is 227 Å². The minimum atomic E-state index is -0.654. The number of likely N-dealkylation sites (N-methyl/N-ethyl adjacent to an activating group) is 1. The van der Waals surface area contributed by atoms with Crippen LogP contribution in [0.5, 0.6) is 0 Å². The first-order valence-electron chi connectivity index (χ1n) is 15.2. The van der Waals surface area contributed by atoms with E-state index in [1.54, 1.807) is 0 Å². The van der Waals surface area contributed by atoms with Crippen LogP contribution in [0.2, 0.25) is 0 Å². The second-order valence-corrected chi connectivity index (χ2v) is 11.5. The summed E-state index contributed by atoms with van der Waals surface area (Å²) >= 11 is 0. The molecular weight excluding hydrogens is 454 g/mol. The van der Waals surface area contributed by atoms with Crippen LogP contribution in [0, 0.1) is 11.8 Å². The Hall–Kier alpha value is -1.91. The molecule has 1 amide bonds. The van der Waals surface area contributed by atoms with Crippen LogP contribution in [0.3, 0.4) is 0 Å². The van der Waals surface area contributed by atoms with Gasteiger partial charge < -0.3 is 15.5 Å². The number of carbonyl (C=O) groups is 1. The number of amides is 1. The number of nitrogens with zero attached hydrogens (tertiary/aromatic N) is 2. The zero-order valence-electron chi connectivity index (χ0n) is 23.8. The second kappa shape index (κ2) is 16.1. The lowest BCUT2D eigenvalue weighted by Crippen LogP contribution is -2.53. The largest absolute Gasteiger partial charge is 0.369 e. The molecule has 4 heteroatoms. The number of carbonyl (C=O) groups excluding carboxylic acids is 1. The predicted octanol–water partition coefficient (Wildman–Crippen LogP) is 6.72. The number of hydrogen-bond donors (Lipinski definition) is 1. The summed E-state index contributed by atoms with van der Waals surface area (Å²) in [5.41, 5.74) is 6.71. The molecule has 1 aliphatic heterocycles. The van der Waals surface area contributed by atoms with Crippen molar-refractivity contribution in [2.24, 2.45) is 17.6 Å². The van der Waals surface area contributed by atoms with Gasteiger partial charge in [-0.3, -0.25) is 4.79 Å². The molecule has 1 aliphatic carbocycles. The maximum atomic E-state index is 13.3. The topological polar surface area (TPSA) is 49.6 Å². The highest BCUT2D eigenvalue weighted by molar-refractivity contribution is 5.88. The minimum Gasteiger partial charge on any atom is -0.369 e. The maximum absolute atomic E-state index is 13.3. The molecule has 1 heterocycles. The van der Waals surface area contributed by atoms with Gasteiger partial charge in [0.1, 0.15) is 0 Å². The lowest BCUT2D eigenvalue weighted by molar-refractivity contribution is -0.127. The summed E-state index contributed by atoms with van der Waals surface area (Å²) in [6.45, 7) is 7.61. The van der Waals surface area contributed by atoms with Gasteiger partial charge in [-0.1, -0.05) is 119 Å². The Morgan fingerprint density at radius 3 is 2.27 bits per heavy atom. The third-order valence-electron chi connectivity index (χ3n) is 8.83. The third-order valence-corrected chi connectivity index (χ3v) is 8.83. The highest BCUT2D eigenvalue weighted by Crippen LogP contribution is 2.46. The lowest BCUT2D eigenvalue weighted by atomic mass is 9.60. The average molecular weight is 508 g/mol. The molecular formula is C33H53N3O. The van der Waals surface area contributed by atoms with Crippen molar-refractivity contribution in [3.05, 3.63) is 60.2 Å². The van der Waals surface area contributed by atoms with E-state index in [2.05, 4.69) is 60.2 Å². The molecule has 206 valence electrons. The van der Waals surface area contributed by atoms with Gasteiger partial charge in [-0.25, -0.2) is 0 Å². The Balaban J connectivity index is 1.44. The third kappa shape index (κ3) is 8.55. The molecule has 0 spiro atoms. The van der Waals surface area contributed by atoms with E-state index in [0.717, 1.165) is 44.6 Å².